The van der Waals surface area contributed by atoms with Gasteiger partial charge in [0.05, 0.1) is 6.04 Å². The highest BCUT2D eigenvalue weighted by Crippen LogP contribution is 1.93. The minimum Gasteiger partial charge on any atom is -0.319 e. The van der Waals surface area contributed by atoms with Crippen molar-refractivity contribution < 1.29 is 4.79 Å². The van der Waals surface area contributed by atoms with Gasteiger partial charge < -0.3 is 10.6 Å². The van der Waals surface area contributed by atoms with Crippen LogP contribution in [0.2, 0.25) is 0 Å². The highest BCUT2D eigenvalue weighted by Gasteiger charge is 2.11. The number of nitrogens with one attached hydrogen (secondary N) is 2. The number of carbonyl (C=O) groups is 1. The molecule has 13 heavy (non-hydrogen) atoms. The summed E-state index contributed by atoms with van der Waals surface area (Å²) in [5.74, 6) is 0.884. The van der Waals surface area contributed by atoms with Crippen molar-refractivity contribution in [2.24, 2.45) is 5.92 Å². The van der Waals surface area contributed by atoms with Crippen molar-refractivity contribution in [2.75, 3.05) is 20.1 Å². The van der Waals surface area contributed by atoms with Crippen LogP contribution in [0.25, 0.3) is 0 Å². The monoisotopic (exact) mass is 186 g/mol. The second-order valence-corrected chi connectivity index (χ2v) is 3.84. The molecule has 3 heteroatoms. The molecule has 3 nitrogen and oxygen atoms in total. The van der Waals surface area contributed by atoms with Crippen LogP contribution in [-0.2, 0) is 4.79 Å². The van der Waals surface area contributed by atoms with E-state index in [1.165, 1.54) is 0 Å². The molecular weight excluding hydrogens is 164 g/mol. The van der Waals surface area contributed by atoms with Gasteiger partial charge in [-0.2, -0.15) is 0 Å². The largest absolute Gasteiger partial charge is 0.319 e. The first kappa shape index (κ1) is 12.6. The number of Topliss-reactive ketones (excluding diaryl/α,β-unsaturated/α-hetero) is 1. The van der Waals surface area contributed by atoms with Crippen molar-refractivity contribution in [3.05, 3.63) is 0 Å². The highest BCUT2D eigenvalue weighted by molar-refractivity contribution is 5.83. The second-order valence-electron chi connectivity index (χ2n) is 3.84. The molecule has 0 aliphatic rings. The summed E-state index contributed by atoms with van der Waals surface area (Å²) in [6, 6.07) is -0.00394. The fraction of sp³-hybridized carbons (Fsp3) is 0.900. The maximum Gasteiger partial charge on any atom is 0.150 e. The number of carbonyl (C=O) groups excluding carboxylic acids is 1. The Labute approximate surface area is 81.3 Å². The van der Waals surface area contributed by atoms with Crippen molar-refractivity contribution >= 4 is 5.78 Å². The molecule has 0 heterocycles. The van der Waals surface area contributed by atoms with Crippen LogP contribution < -0.4 is 10.6 Å². The molecule has 0 aromatic rings. The van der Waals surface area contributed by atoms with E-state index in [0.29, 0.717) is 12.3 Å². The first-order chi connectivity index (χ1) is 6.07. The first-order valence-electron chi connectivity index (χ1n) is 4.98. The molecule has 0 aromatic carbocycles. The Morgan fingerprint density at radius 2 is 1.92 bits per heavy atom. The van der Waals surface area contributed by atoms with E-state index < -0.39 is 0 Å². The average molecular weight is 186 g/mol. The molecule has 0 unspecified atom stereocenters. The molecule has 0 amide bonds. The Balaban J connectivity index is 3.57. The van der Waals surface area contributed by atoms with E-state index in [0.717, 1.165) is 13.1 Å². The minimum absolute atomic E-state index is 0.00394. The summed E-state index contributed by atoms with van der Waals surface area (Å²) in [7, 11) is 1.86. The van der Waals surface area contributed by atoms with E-state index in [1.807, 2.05) is 14.0 Å². The summed E-state index contributed by atoms with van der Waals surface area (Å²) in [4.78, 5) is 11.4. The second kappa shape index (κ2) is 7.04. The third-order valence-corrected chi connectivity index (χ3v) is 1.94. The van der Waals surface area contributed by atoms with Crippen LogP contribution in [0.1, 0.15) is 27.2 Å². The average Bonchev–Trinajstić information content (AvgIpc) is 2.10. The van der Waals surface area contributed by atoms with E-state index >= 15 is 0 Å². The molecule has 0 bridgehead atoms. The molecule has 0 spiro atoms. The van der Waals surface area contributed by atoms with Crippen LogP contribution in [0, 0.1) is 5.92 Å². The van der Waals surface area contributed by atoms with Crippen LogP contribution >= 0.6 is 0 Å². The molecule has 1 atom stereocenters. The van der Waals surface area contributed by atoms with Crippen molar-refractivity contribution in [3.8, 4) is 0 Å². The fourth-order valence-electron chi connectivity index (χ4n) is 0.991. The molecule has 0 saturated carbocycles. The number of hydrogen-bond acceptors (Lipinski definition) is 3. The predicted octanol–water partition coefficient (Wildman–Crippen LogP) is 0.799. The molecule has 0 radical (unpaired) electrons. The van der Waals surface area contributed by atoms with Crippen LogP contribution in [-0.4, -0.2) is 32.0 Å². The van der Waals surface area contributed by atoms with E-state index in [9.17, 15) is 4.79 Å². The SMILES string of the molecule is CNCCC(=O)[C@@H](C)NCC(C)C. The van der Waals surface area contributed by atoms with Crippen molar-refractivity contribution in [3.63, 3.8) is 0 Å². The summed E-state index contributed by atoms with van der Waals surface area (Å²) in [6.07, 6.45) is 0.614. The van der Waals surface area contributed by atoms with Gasteiger partial charge >= 0.3 is 0 Å². The lowest BCUT2D eigenvalue weighted by Gasteiger charge is -2.14. The summed E-state index contributed by atoms with van der Waals surface area (Å²) in [6.45, 7) is 7.88. The summed E-state index contributed by atoms with van der Waals surface area (Å²) in [5.41, 5.74) is 0. The van der Waals surface area contributed by atoms with Crippen LogP contribution in [0.3, 0.4) is 0 Å². The van der Waals surface area contributed by atoms with Crippen LogP contribution in [0.15, 0.2) is 0 Å². The van der Waals surface area contributed by atoms with Crippen LogP contribution in [0.4, 0.5) is 0 Å². The van der Waals surface area contributed by atoms with Crippen molar-refractivity contribution in [1.29, 1.82) is 0 Å². The molecule has 0 aliphatic carbocycles. The van der Waals surface area contributed by atoms with Crippen LogP contribution in [0.5, 0.6) is 0 Å². The zero-order valence-corrected chi connectivity index (χ0v) is 9.18. The highest BCUT2D eigenvalue weighted by atomic mass is 16.1. The van der Waals surface area contributed by atoms with Gasteiger partial charge in [-0.05, 0) is 26.4 Å². The Kier molecular flexibility index (Phi) is 6.82. The van der Waals surface area contributed by atoms with Gasteiger partial charge in [0.25, 0.3) is 0 Å². The van der Waals surface area contributed by atoms with E-state index in [-0.39, 0.29) is 11.8 Å². The van der Waals surface area contributed by atoms with Crippen molar-refractivity contribution in [1.82, 2.24) is 10.6 Å². The van der Waals surface area contributed by atoms with E-state index in [4.69, 9.17) is 0 Å². The van der Waals surface area contributed by atoms with Gasteiger partial charge in [-0.3, -0.25) is 4.79 Å². The zero-order chi connectivity index (χ0) is 10.3. The van der Waals surface area contributed by atoms with Gasteiger partial charge in [0.2, 0.25) is 0 Å². The lowest BCUT2D eigenvalue weighted by atomic mass is 10.1. The Morgan fingerprint density at radius 1 is 1.31 bits per heavy atom. The van der Waals surface area contributed by atoms with Gasteiger partial charge in [0.1, 0.15) is 0 Å². The molecule has 0 aliphatic heterocycles. The number of ketones is 1. The molecule has 78 valence electrons. The van der Waals surface area contributed by atoms with Gasteiger partial charge in [0, 0.05) is 13.0 Å². The van der Waals surface area contributed by atoms with Gasteiger partial charge in [-0.1, -0.05) is 13.8 Å². The Morgan fingerprint density at radius 3 is 2.38 bits per heavy atom. The Hall–Kier alpha value is -0.410. The molecule has 0 fully saturated rings. The van der Waals surface area contributed by atoms with E-state index in [1.54, 1.807) is 0 Å². The summed E-state index contributed by atoms with van der Waals surface area (Å²) >= 11 is 0. The molecule has 0 aromatic heterocycles. The maximum absolute atomic E-state index is 11.4. The summed E-state index contributed by atoms with van der Waals surface area (Å²) < 4.78 is 0. The zero-order valence-electron chi connectivity index (χ0n) is 9.18. The normalized spacial score (nSPS) is 13.3. The standard InChI is InChI=1S/C10H22N2O/c1-8(2)7-12-9(3)10(13)5-6-11-4/h8-9,11-12H,5-7H2,1-4H3/t9-/m1/s1. The maximum atomic E-state index is 11.4. The molecule has 0 rings (SSSR count). The first-order valence-corrected chi connectivity index (χ1v) is 4.98. The van der Waals surface area contributed by atoms with Crippen molar-refractivity contribution in [2.45, 2.75) is 33.2 Å². The third kappa shape index (κ3) is 6.72. The molecule has 0 saturated heterocycles. The fourth-order valence-corrected chi connectivity index (χ4v) is 0.991. The predicted molar refractivity (Wildman–Crippen MR) is 55.9 cm³/mol. The summed E-state index contributed by atoms with van der Waals surface area (Å²) in [5, 5.41) is 6.18. The third-order valence-electron chi connectivity index (χ3n) is 1.94. The lowest BCUT2D eigenvalue weighted by molar-refractivity contribution is -0.120. The van der Waals surface area contributed by atoms with E-state index in [2.05, 4.69) is 24.5 Å². The number of hydrogen-bond donors (Lipinski definition) is 2. The molecular formula is C10H22N2O. The smallest absolute Gasteiger partial charge is 0.150 e. The van der Waals surface area contributed by atoms with Gasteiger partial charge in [0.15, 0.2) is 5.78 Å². The molecule has 2 N–H and O–H groups in total. The van der Waals surface area contributed by atoms with Gasteiger partial charge in [-0.25, -0.2) is 0 Å². The number of rotatable bonds is 7. The topological polar surface area (TPSA) is 41.1 Å². The quantitative estimate of drug-likeness (QED) is 0.618. The minimum atomic E-state index is -0.00394. The lowest BCUT2D eigenvalue weighted by Crippen LogP contribution is -2.37. The Bertz CT molecular complexity index is 146. The van der Waals surface area contributed by atoms with Gasteiger partial charge in [-0.15, -0.1) is 0 Å².